The number of amides is 1. The minimum atomic E-state index is -0.714. The van der Waals surface area contributed by atoms with Gasteiger partial charge in [-0.2, -0.15) is 0 Å². The first-order valence-electron chi connectivity index (χ1n) is 4.07. The van der Waals surface area contributed by atoms with Gasteiger partial charge in [-0.15, -0.1) is 5.11 Å². The van der Waals surface area contributed by atoms with Crippen LogP contribution in [0.3, 0.4) is 0 Å². The van der Waals surface area contributed by atoms with Crippen molar-refractivity contribution in [2.45, 2.75) is 0 Å². The summed E-state index contributed by atoms with van der Waals surface area (Å²) in [6.45, 7) is 3.55. The maximum Gasteiger partial charge on any atom is 0.452 e. The molecule has 0 aliphatic heterocycles. The van der Waals surface area contributed by atoms with Gasteiger partial charge in [-0.25, -0.2) is 4.79 Å². The number of hydrogen-bond acceptors (Lipinski definition) is 3. The molecule has 0 saturated heterocycles. The van der Waals surface area contributed by atoms with Gasteiger partial charge in [0, 0.05) is 0 Å². The van der Waals surface area contributed by atoms with Crippen LogP contribution in [0.5, 0.6) is 0 Å². The van der Waals surface area contributed by atoms with E-state index in [0.29, 0.717) is 5.69 Å². The molecule has 0 aliphatic rings. The standard InChI is InChI=1S/C10H10N2O2/c1-2-8-14-10(13)12-11-9-6-4-3-5-7-9/h2-7H,1,8H2. The quantitative estimate of drug-likeness (QED) is 0.543. The molecule has 4 heteroatoms. The molecule has 0 saturated carbocycles. The summed E-state index contributed by atoms with van der Waals surface area (Å²) in [7, 11) is 0. The van der Waals surface area contributed by atoms with E-state index >= 15 is 0 Å². The Hall–Kier alpha value is -1.97. The molecule has 0 aromatic heterocycles. The molecule has 0 aliphatic carbocycles. The lowest BCUT2D eigenvalue weighted by Gasteiger charge is -1.93. The fourth-order valence-corrected chi connectivity index (χ4v) is 0.752. The highest BCUT2D eigenvalue weighted by atomic mass is 16.5. The van der Waals surface area contributed by atoms with Gasteiger partial charge in [0.1, 0.15) is 6.61 Å². The molecular formula is C10H10N2O2. The van der Waals surface area contributed by atoms with Crippen molar-refractivity contribution in [1.29, 1.82) is 0 Å². The van der Waals surface area contributed by atoms with E-state index in [1.807, 2.05) is 18.2 Å². The summed E-state index contributed by atoms with van der Waals surface area (Å²) in [6.07, 6.45) is 0.754. The number of benzene rings is 1. The molecule has 1 amide bonds. The first-order chi connectivity index (χ1) is 6.83. The van der Waals surface area contributed by atoms with Gasteiger partial charge in [0.15, 0.2) is 0 Å². The highest BCUT2D eigenvalue weighted by Crippen LogP contribution is 2.10. The van der Waals surface area contributed by atoms with Crippen LogP contribution in [0.25, 0.3) is 0 Å². The zero-order chi connectivity index (χ0) is 10.2. The Kier molecular flexibility index (Phi) is 4.07. The van der Waals surface area contributed by atoms with Crippen molar-refractivity contribution in [1.82, 2.24) is 0 Å². The molecule has 1 rings (SSSR count). The van der Waals surface area contributed by atoms with Crippen LogP contribution in [-0.2, 0) is 4.74 Å². The van der Waals surface area contributed by atoms with Crippen LogP contribution < -0.4 is 0 Å². The lowest BCUT2D eigenvalue weighted by atomic mass is 10.3. The number of carbonyl (C=O) groups excluding carboxylic acids is 1. The Morgan fingerprint density at radius 2 is 2.14 bits per heavy atom. The molecule has 14 heavy (non-hydrogen) atoms. The molecule has 0 bridgehead atoms. The summed E-state index contributed by atoms with van der Waals surface area (Å²) in [6, 6.07) is 8.95. The van der Waals surface area contributed by atoms with Gasteiger partial charge in [-0.1, -0.05) is 36.0 Å². The summed E-state index contributed by atoms with van der Waals surface area (Å²) in [5.74, 6) is 0. The molecule has 4 nitrogen and oxygen atoms in total. The molecule has 0 unspecified atom stereocenters. The van der Waals surface area contributed by atoms with E-state index < -0.39 is 6.09 Å². The van der Waals surface area contributed by atoms with Crippen molar-refractivity contribution in [3.63, 3.8) is 0 Å². The van der Waals surface area contributed by atoms with Crippen molar-refractivity contribution in [2.75, 3.05) is 6.61 Å². The molecule has 0 spiro atoms. The van der Waals surface area contributed by atoms with Gasteiger partial charge in [0.2, 0.25) is 0 Å². The molecule has 0 atom stereocenters. The fraction of sp³-hybridized carbons (Fsp3) is 0.100. The number of hydrogen-bond donors (Lipinski definition) is 0. The smallest absolute Gasteiger partial charge is 0.443 e. The molecule has 1 aromatic rings. The van der Waals surface area contributed by atoms with Crippen molar-refractivity contribution >= 4 is 11.8 Å². The SMILES string of the molecule is C=CCOC(=O)N=Nc1ccccc1. The van der Waals surface area contributed by atoms with E-state index in [1.54, 1.807) is 12.1 Å². The Balaban J connectivity index is 2.48. The minimum Gasteiger partial charge on any atom is -0.443 e. The topological polar surface area (TPSA) is 51.0 Å². The molecule has 0 N–H and O–H groups in total. The predicted molar refractivity (Wildman–Crippen MR) is 52.5 cm³/mol. The third-order valence-electron chi connectivity index (χ3n) is 1.33. The van der Waals surface area contributed by atoms with Crippen molar-refractivity contribution in [2.24, 2.45) is 10.2 Å². The maximum absolute atomic E-state index is 10.8. The lowest BCUT2D eigenvalue weighted by Crippen LogP contribution is -1.96. The monoisotopic (exact) mass is 190 g/mol. The van der Waals surface area contributed by atoms with Crippen LogP contribution in [0.1, 0.15) is 0 Å². The van der Waals surface area contributed by atoms with Crippen LogP contribution in [0, 0.1) is 0 Å². The normalized spacial score (nSPS) is 10.0. The third-order valence-corrected chi connectivity index (χ3v) is 1.33. The van der Waals surface area contributed by atoms with Gasteiger partial charge < -0.3 is 4.74 Å². The number of ether oxygens (including phenoxy) is 1. The zero-order valence-electron chi connectivity index (χ0n) is 7.59. The predicted octanol–water partition coefficient (Wildman–Crippen LogP) is 3.09. The first kappa shape index (κ1) is 10.1. The van der Waals surface area contributed by atoms with Crippen molar-refractivity contribution in [3.05, 3.63) is 43.0 Å². The Bertz CT molecular complexity index is 333. The highest BCUT2D eigenvalue weighted by Gasteiger charge is 1.96. The first-order valence-corrected chi connectivity index (χ1v) is 4.07. The lowest BCUT2D eigenvalue weighted by molar-refractivity contribution is 0.168. The summed E-state index contributed by atoms with van der Waals surface area (Å²) < 4.78 is 4.60. The molecule has 0 fully saturated rings. The molecule has 1 aromatic carbocycles. The second kappa shape index (κ2) is 5.64. The second-order valence-corrected chi connectivity index (χ2v) is 2.40. The van der Waals surface area contributed by atoms with Crippen LogP contribution in [0.2, 0.25) is 0 Å². The minimum absolute atomic E-state index is 0.145. The summed E-state index contributed by atoms with van der Waals surface area (Å²) in [5.41, 5.74) is 0.614. The van der Waals surface area contributed by atoms with Crippen LogP contribution in [0.15, 0.2) is 53.2 Å². The van der Waals surface area contributed by atoms with Crippen LogP contribution >= 0.6 is 0 Å². The van der Waals surface area contributed by atoms with Gasteiger partial charge in [-0.05, 0) is 12.1 Å². The van der Waals surface area contributed by atoms with Crippen LogP contribution in [-0.4, -0.2) is 12.7 Å². The average Bonchev–Trinajstić information content (AvgIpc) is 2.25. The summed E-state index contributed by atoms with van der Waals surface area (Å²) in [4.78, 5) is 10.8. The zero-order valence-corrected chi connectivity index (χ0v) is 7.59. The fourth-order valence-electron chi connectivity index (χ4n) is 0.752. The number of carbonyl (C=O) groups is 1. The highest BCUT2D eigenvalue weighted by molar-refractivity contribution is 5.68. The Labute approximate surface area is 81.9 Å². The summed E-state index contributed by atoms with van der Waals surface area (Å²) in [5, 5.41) is 7.02. The van der Waals surface area contributed by atoms with Crippen molar-refractivity contribution < 1.29 is 9.53 Å². The van der Waals surface area contributed by atoms with Gasteiger partial charge in [-0.3, -0.25) is 0 Å². The van der Waals surface area contributed by atoms with Gasteiger partial charge in [0.05, 0.1) is 5.69 Å². The maximum atomic E-state index is 10.8. The summed E-state index contributed by atoms with van der Waals surface area (Å²) >= 11 is 0. The van der Waals surface area contributed by atoms with Gasteiger partial charge >= 0.3 is 6.09 Å². The van der Waals surface area contributed by atoms with Crippen LogP contribution in [0.4, 0.5) is 10.5 Å². The number of nitrogens with zero attached hydrogens (tertiary/aromatic N) is 2. The van der Waals surface area contributed by atoms with E-state index in [4.69, 9.17) is 0 Å². The van der Waals surface area contributed by atoms with E-state index in [-0.39, 0.29) is 6.61 Å². The van der Waals surface area contributed by atoms with E-state index in [9.17, 15) is 4.79 Å². The van der Waals surface area contributed by atoms with E-state index in [0.717, 1.165) is 0 Å². The van der Waals surface area contributed by atoms with Gasteiger partial charge in [0.25, 0.3) is 0 Å². The third kappa shape index (κ3) is 3.62. The number of azo groups is 1. The largest absolute Gasteiger partial charge is 0.452 e. The molecule has 0 heterocycles. The second-order valence-electron chi connectivity index (χ2n) is 2.40. The average molecular weight is 190 g/mol. The molecule has 72 valence electrons. The molecular weight excluding hydrogens is 180 g/mol. The number of rotatable bonds is 3. The Morgan fingerprint density at radius 3 is 2.79 bits per heavy atom. The Morgan fingerprint density at radius 1 is 1.43 bits per heavy atom. The van der Waals surface area contributed by atoms with Crippen molar-refractivity contribution in [3.8, 4) is 0 Å². The molecule has 0 radical (unpaired) electrons. The van der Waals surface area contributed by atoms with E-state index in [1.165, 1.54) is 6.08 Å². The van der Waals surface area contributed by atoms with E-state index in [2.05, 4.69) is 21.5 Å².